The number of ether oxygens (including phenoxy) is 1. The molecule has 0 radical (unpaired) electrons. The van der Waals surface area contributed by atoms with Crippen LogP contribution in [-0.4, -0.2) is 12.9 Å². The molecule has 0 unspecified atom stereocenters. The second-order valence-electron chi connectivity index (χ2n) is 3.27. The predicted molar refractivity (Wildman–Crippen MR) is 73.5 cm³/mol. The smallest absolute Gasteiger partial charge is 0.208 e. The monoisotopic (exact) mass is 330 g/mol. The predicted octanol–water partition coefficient (Wildman–Crippen LogP) is 4.40. The Morgan fingerprint density at radius 1 is 1.41 bits per heavy atom. The zero-order valence-electron chi connectivity index (χ0n) is 8.87. The average molecular weight is 332 g/mol. The number of benzene rings is 1. The second-order valence-corrected chi connectivity index (χ2v) is 5.51. The highest BCUT2D eigenvalue weighted by Gasteiger charge is 2.18. The van der Waals surface area contributed by atoms with Crippen LogP contribution < -0.4 is 4.74 Å². The molecule has 0 saturated heterocycles. The number of thiophene rings is 1. The third-order valence-electron chi connectivity index (χ3n) is 2.23. The Morgan fingerprint density at radius 2 is 2.18 bits per heavy atom. The van der Waals surface area contributed by atoms with Crippen LogP contribution in [0.1, 0.15) is 15.2 Å². The summed E-state index contributed by atoms with van der Waals surface area (Å²) in [6, 6.07) is 6.97. The molecule has 0 atom stereocenters. The molecule has 2 rings (SSSR count). The molecule has 0 N–H and O–H groups in total. The van der Waals surface area contributed by atoms with E-state index in [1.807, 2.05) is 5.38 Å². The highest BCUT2D eigenvalue weighted by molar-refractivity contribution is 9.10. The van der Waals surface area contributed by atoms with Crippen molar-refractivity contribution in [2.24, 2.45) is 0 Å². The summed E-state index contributed by atoms with van der Waals surface area (Å²) in [5.41, 5.74) is 0.474. The van der Waals surface area contributed by atoms with Crippen molar-refractivity contribution in [3.8, 4) is 5.75 Å². The Hall–Kier alpha value is -0.840. The van der Waals surface area contributed by atoms with Crippen molar-refractivity contribution in [3.63, 3.8) is 0 Å². The van der Waals surface area contributed by atoms with Gasteiger partial charge in [-0.2, -0.15) is 0 Å². The number of hydrogen-bond acceptors (Lipinski definition) is 3. The topological polar surface area (TPSA) is 26.3 Å². The zero-order valence-corrected chi connectivity index (χ0v) is 12.0. The largest absolute Gasteiger partial charge is 0.495 e. The lowest BCUT2D eigenvalue weighted by atomic mass is 10.1. The Bertz CT molecular complexity index is 565. The van der Waals surface area contributed by atoms with E-state index in [1.54, 1.807) is 31.4 Å². The number of ketones is 1. The van der Waals surface area contributed by atoms with E-state index in [1.165, 1.54) is 11.3 Å². The van der Waals surface area contributed by atoms with Gasteiger partial charge in [-0.15, -0.1) is 11.3 Å². The van der Waals surface area contributed by atoms with Crippen molar-refractivity contribution in [3.05, 3.63) is 49.6 Å². The summed E-state index contributed by atoms with van der Waals surface area (Å²) in [4.78, 5) is 12.8. The minimum Gasteiger partial charge on any atom is -0.495 e. The van der Waals surface area contributed by atoms with Crippen molar-refractivity contribution in [2.75, 3.05) is 7.11 Å². The van der Waals surface area contributed by atoms with Gasteiger partial charge in [0.15, 0.2) is 0 Å². The van der Waals surface area contributed by atoms with Crippen LogP contribution in [0.2, 0.25) is 5.02 Å². The molecule has 1 aromatic carbocycles. The number of carbonyl (C=O) groups is 1. The summed E-state index contributed by atoms with van der Waals surface area (Å²) < 4.78 is 5.95. The standard InChI is InChI=1S/C12H8BrClO2S/c1-16-10-4-5-17-12(10)11(15)8-6-7(13)2-3-9(8)14/h2-6H,1H3. The Morgan fingerprint density at radius 3 is 2.88 bits per heavy atom. The van der Waals surface area contributed by atoms with Crippen LogP contribution in [0, 0.1) is 0 Å². The maximum atomic E-state index is 12.3. The molecule has 0 fully saturated rings. The third-order valence-corrected chi connectivity index (χ3v) is 3.95. The van der Waals surface area contributed by atoms with Crippen molar-refractivity contribution < 1.29 is 9.53 Å². The van der Waals surface area contributed by atoms with E-state index in [4.69, 9.17) is 16.3 Å². The second kappa shape index (κ2) is 5.21. The van der Waals surface area contributed by atoms with Crippen molar-refractivity contribution in [1.29, 1.82) is 0 Å². The average Bonchev–Trinajstić information content (AvgIpc) is 2.79. The van der Waals surface area contributed by atoms with E-state index in [0.29, 0.717) is 21.2 Å². The highest BCUT2D eigenvalue weighted by Crippen LogP contribution is 2.30. The summed E-state index contributed by atoms with van der Waals surface area (Å²) in [5, 5.41) is 2.26. The maximum Gasteiger partial charge on any atom is 0.208 e. The van der Waals surface area contributed by atoms with Crippen LogP contribution in [0.15, 0.2) is 34.1 Å². The normalized spacial score (nSPS) is 10.3. The van der Waals surface area contributed by atoms with Crippen LogP contribution in [0.3, 0.4) is 0 Å². The number of hydrogen-bond donors (Lipinski definition) is 0. The first-order valence-electron chi connectivity index (χ1n) is 4.74. The lowest BCUT2D eigenvalue weighted by molar-refractivity contribution is 0.104. The van der Waals surface area contributed by atoms with Crippen LogP contribution in [-0.2, 0) is 0 Å². The molecule has 0 spiro atoms. The maximum absolute atomic E-state index is 12.3. The fraction of sp³-hybridized carbons (Fsp3) is 0.0833. The molecule has 1 heterocycles. The van der Waals surface area contributed by atoms with Gasteiger partial charge in [0.1, 0.15) is 10.6 Å². The minimum absolute atomic E-state index is 0.122. The third kappa shape index (κ3) is 2.54. The minimum atomic E-state index is -0.122. The van der Waals surface area contributed by atoms with Gasteiger partial charge in [-0.25, -0.2) is 0 Å². The Labute approximate surface area is 116 Å². The zero-order chi connectivity index (χ0) is 12.4. The van der Waals surface area contributed by atoms with E-state index in [2.05, 4.69) is 15.9 Å². The fourth-order valence-electron chi connectivity index (χ4n) is 1.42. The first-order valence-corrected chi connectivity index (χ1v) is 6.79. The molecule has 2 aromatic rings. The van der Waals surface area contributed by atoms with Gasteiger partial charge < -0.3 is 4.74 Å². The van der Waals surface area contributed by atoms with Crippen molar-refractivity contribution in [2.45, 2.75) is 0 Å². The molecular formula is C12H8BrClO2S. The molecule has 0 amide bonds. The molecular weight excluding hydrogens is 324 g/mol. The van der Waals surface area contributed by atoms with Gasteiger partial charge in [-0.05, 0) is 29.6 Å². The SMILES string of the molecule is COc1ccsc1C(=O)c1cc(Br)ccc1Cl. The summed E-state index contributed by atoms with van der Waals surface area (Å²) in [6.45, 7) is 0. The van der Waals surface area contributed by atoms with Gasteiger partial charge in [0.25, 0.3) is 0 Å². The molecule has 2 nitrogen and oxygen atoms in total. The number of rotatable bonds is 3. The number of carbonyl (C=O) groups excluding carboxylic acids is 1. The Balaban J connectivity index is 2.47. The molecule has 0 saturated carbocycles. The van der Waals surface area contributed by atoms with Gasteiger partial charge in [-0.1, -0.05) is 27.5 Å². The van der Waals surface area contributed by atoms with Gasteiger partial charge >= 0.3 is 0 Å². The summed E-state index contributed by atoms with van der Waals surface area (Å²) in [6.07, 6.45) is 0. The van der Waals surface area contributed by atoms with E-state index in [9.17, 15) is 4.79 Å². The van der Waals surface area contributed by atoms with E-state index in [0.717, 1.165) is 4.47 Å². The molecule has 1 aromatic heterocycles. The van der Waals surface area contributed by atoms with Crippen molar-refractivity contribution in [1.82, 2.24) is 0 Å². The van der Waals surface area contributed by atoms with Crippen LogP contribution >= 0.6 is 38.9 Å². The van der Waals surface area contributed by atoms with Gasteiger partial charge in [0.2, 0.25) is 5.78 Å². The number of methoxy groups -OCH3 is 1. The van der Waals surface area contributed by atoms with Gasteiger partial charge in [0.05, 0.1) is 12.1 Å². The molecule has 0 bridgehead atoms. The highest BCUT2D eigenvalue weighted by atomic mass is 79.9. The first-order chi connectivity index (χ1) is 8.13. The Kier molecular flexibility index (Phi) is 3.86. The molecule has 5 heteroatoms. The van der Waals surface area contributed by atoms with E-state index >= 15 is 0 Å². The van der Waals surface area contributed by atoms with Crippen molar-refractivity contribution >= 4 is 44.7 Å². The molecule has 17 heavy (non-hydrogen) atoms. The summed E-state index contributed by atoms with van der Waals surface area (Å²) in [5.74, 6) is 0.458. The van der Waals surface area contributed by atoms with Gasteiger partial charge in [0, 0.05) is 10.0 Å². The number of halogens is 2. The molecule has 88 valence electrons. The fourth-order valence-corrected chi connectivity index (χ4v) is 2.79. The summed E-state index contributed by atoms with van der Waals surface area (Å²) in [7, 11) is 1.54. The van der Waals surface area contributed by atoms with Crippen LogP contribution in [0.25, 0.3) is 0 Å². The molecule has 0 aliphatic carbocycles. The first kappa shape index (κ1) is 12.6. The lowest BCUT2D eigenvalue weighted by Gasteiger charge is -2.04. The quantitative estimate of drug-likeness (QED) is 0.779. The van der Waals surface area contributed by atoms with E-state index in [-0.39, 0.29) is 5.78 Å². The summed E-state index contributed by atoms with van der Waals surface area (Å²) >= 11 is 10.7. The van der Waals surface area contributed by atoms with Crippen LogP contribution in [0.4, 0.5) is 0 Å². The molecule has 0 aliphatic rings. The van der Waals surface area contributed by atoms with Gasteiger partial charge in [-0.3, -0.25) is 4.79 Å². The lowest BCUT2D eigenvalue weighted by Crippen LogP contribution is -2.01. The van der Waals surface area contributed by atoms with E-state index < -0.39 is 0 Å². The van der Waals surface area contributed by atoms with Crippen LogP contribution in [0.5, 0.6) is 5.75 Å². The molecule has 0 aliphatic heterocycles.